The quantitative estimate of drug-likeness (QED) is 0.503. The zero-order chi connectivity index (χ0) is 23.8. The molecule has 34 heavy (non-hydrogen) atoms. The molecule has 2 amide bonds. The number of fused-ring (bicyclic) bond motifs is 1. The summed E-state index contributed by atoms with van der Waals surface area (Å²) in [5, 5.41) is 7.60. The molecule has 0 unspecified atom stereocenters. The molecule has 9 nitrogen and oxygen atoms in total. The molecule has 2 aliphatic rings. The fourth-order valence-corrected chi connectivity index (χ4v) is 4.56. The summed E-state index contributed by atoms with van der Waals surface area (Å²) in [6.45, 7) is 1.73. The Labute approximate surface area is 191 Å². The number of nitrogens with zero attached hydrogens (tertiary/aromatic N) is 6. The minimum absolute atomic E-state index is 0.00731. The molecule has 6 rings (SSSR count). The standard InChI is InChI=1S/C23H17F2N7O2/c1-23-8-15(33)31(2)21-16(23)18(29-22(23)34)27-19(28-21)17-13-7-12(24)9-26-20(13)32(30-17)10-11-5-3-4-6-14(11)25/h3-7,9H,8,10H2,1-2H3,(H,27,28,29,34)/t23-/m1/s1. The first-order chi connectivity index (χ1) is 16.3. The number of halogens is 2. The number of aromatic nitrogens is 5. The molecule has 0 bridgehead atoms. The Bertz CT molecular complexity index is 1550. The average Bonchev–Trinajstić information content (AvgIpc) is 3.27. The lowest BCUT2D eigenvalue weighted by atomic mass is 9.78. The van der Waals surface area contributed by atoms with Gasteiger partial charge in [-0.1, -0.05) is 18.2 Å². The van der Waals surface area contributed by atoms with E-state index < -0.39 is 17.0 Å². The predicted molar refractivity (Wildman–Crippen MR) is 118 cm³/mol. The number of amides is 2. The van der Waals surface area contributed by atoms with Crippen molar-refractivity contribution in [2.75, 3.05) is 17.3 Å². The van der Waals surface area contributed by atoms with Crippen molar-refractivity contribution in [2.24, 2.45) is 0 Å². The second-order valence-electron chi connectivity index (χ2n) is 8.63. The smallest absolute Gasteiger partial charge is 0.236 e. The van der Waals surface area contributed by atoms with Crippen LogP contribution in [0, 0.1) is 11.6 Å². The number of carbonyl (C=O) groups is 2. The second kappa shape index (κ2) is 6.86. The van der Waals surface area contributed by atoms with Crippen molar-refractivity contribution < 1.29 is 18.4 Å². The number of hydrogen-bond acceptors (Lipinski definition) is 6. The first kappa shape index (κ1) is 20.3. The number of nitrogens with one attached hydrogen (secondary N) is 1. The van der Waals surface area contributed by atoms with E-state index in [-0.39, 0.29) is 42.1 Å². The number of benzene rings is 1. The van der Waals surface area contributed by atoms with E-state index in [9.17, 15) is 18.4 Å². The molecule has 2 aliphatic heterocycles. The van der Waals surface area contributed by atoms with Crippen LogP contribution in [0.1, 0.15) is 24.5 Å². The SMILES string of the molecule is CN1C(=O)C[C@@]2(C)C(=O)Nc3nc(-c4nn(Cc5ccccc5F)c5ncc(F)cc45)nc1c32. The summed E-state index contributed by atoms with van der Waals surface area (Å²) in [6.07, 6.45) is 1.06. The topological polar surface area (TPSA) is 106 Å². The molecule has 170 valence electrons. The summed E-state index contributed by atoms with van der Waals surface area (Å²) in [4.78, 5) is 39.9. The van der Waals surface area contributed by atoms with Crippen molar-refractivity contribution in [3.05, 3.63) is 59.3 Å². The summed E-state index contributed by atoms with van der Waals surface area (Å²) < 4.78 is 29.9. The van der Waals surface area contributed by atoms with E-state index in [1.165, 1.54) is 21.7 Å². The third kappa shape index (κ3) is 2.76. The minimum atomic E-state index is -1.06. The van der Waals surface area contributed by atoms with E-state index in [1.54, 1.807) is 32.2 Å². The summed E-state index contributed by atoms with van der Waals surface area (Å²) in [5.74, 6) is -0.926. The van der Waals surface area contributed by atoms with Gasteiger partial charge in [0, 0.05) is 19.0 Å². The second-order valence-corrected chi connectivity index (χ2v) is 8.63. The van der Waals surface area contributed by atoms with Gasteiger partial charge in [-0.25, -0.2) is 28.4 Å². The molecule has 0 aliphatic carbocycles. The third-order valence-corrected chi connectivity index (χ3v) is 6.41. The molecular weight excluding hydrogens is 444 g/mol. The van der Waals surface area contributed by atoms with Gasteiger partial charge >= 0.3 is 0 Å². The normalized spacial score (nSPS) is 19.0. The average molecular weight is 461 g/mol. The minimum Gasteiger partial charge on any atom is -0.309 e. The first-order valence-electron chi connectivity index (χ1n) is 10.5. The van der Waals surface area contributed by atoms with Crippen LogP contribution in [0.4, 0.5) is 20.4 Å². The number of pyridine rings is 1. The van der Waals surface area contributed by atoms with Crippen molar-refractivity contribution in [1.29, 1.82) is 0 Å². The van der Waals surface area contributed by atoms with Crippen LogP contribution in [0.3, 0.4) is 0 Å². The molecular formula is C23H17F2N7O2. The molecule has 5 heterocycles. The molecule has 0 spiro atoms. The van der Waals surface area contributed by atoms with Gasteiger partial charge < -0.3 is 5.32 Å². The van der Waals surface area contributed by atoms with Crippen LogP contribution in [-0.2, 0) is 21.5 Å². The Morgan fingerprint density at radius 3 is 2.76 bits per heavy atom. The molecule has 0 fully saturated rings. The van der Waals surface area contributed by atoms with Crippen molar-refractivity contribution >= 4 is 34.5 Å². The molecule has 0 saturated carbocycles. The molecule has 1 atom stereocenters. The fourth-order valence-electron chi connectivity index (χ4n) is 4.56. The predicted octanol–water partition coefficient (Wildman–Crippen LogP) is 2.79. The lowest BCUT2D eigenvalue weighted by Crippen LogP contribution is -2.44. The highest BCUT2D eigenvalue weighted by Crippen LogP contribution is 2.48. The van der Waals surface area contributed by atoms with E-state index in [2.05, 4.69) is 25.4 Å². The Kier molecular flexibility index (Phi) is 4.10. The summed E-state index contributed by atoms with van der Waals surface area (Å²) in [5.41, 5.74) is 0.375. The highest BCUT2D eigenvalue weighted by molar-refractivity contribution is 6.13. The highest BCUT2D eigenvalue weighted by atomic mass is 19.1. The van der Waals surface area contributed by atoms with Gasteiger partial charge in [0.25, 0.3) is 0 Å². The highest BCUT2D eigenvalue weighted by Gasteiger charge is 2.52. The third-order valence-electron chi connectivity index (χ3n) is 6.41. The van der Waals surface area contributed by atoms with E-state index in [0.717, 1.165) is 6.20 Å². The van der Waals surface area contributed by atoms with Crippen molar-refractivity contribution in [1.82, 2.24) is 24.7 Å². The van der Waals surface area contributed by atoms with Crippen LogP contribution in [0.5, 0.6) is 0 Å². The van der Waals surface area contributed by atoms with Crippen LogP contribution >= 0.6 is 0 Å². The first-order valence-corrected chi connectivity index (χ1v) is 10.5. The van der Waals surface area contributed by atoms with Gasteiger partial charge in [-0.3, -0.25) is 14.5 Å². The van der Waals surface area contributed by atoms with Crippen molar-refractivity contribution in [3.63, 3.8) is 0 Å². The Hall–Kier alpha value is -4.28. The Morgan fingerprint density at radius 2 is 1.97 bits per heavy atom. The fraction of sp³-hybridized carbons (Fsp3) is 0.217. The van der Waals surface area contributed by atoms with Gasteiger partial charge in [0.05, 0.1) is 29.1 Å². The van der Waals surface area contributed by atoms with E-state index >= 15 is 0 Å². The Balaban J connectivity index is 1.57. The summed E-state index contributed by atoms with van der Waals surface area (Å²) in [7, 11) is 1.58. The van der Waals surface area contributed by atoms with Crippen LogP contribution in [0.15, 0.2) is 36.5 Å². The van der Waals surface area contributed by atoms with Gasteiger partial charge in [-0.05, 0) is 19.1 Å². The summed E-state index contributed by atoms with van der Waals surface area (Å²) >= 11 is 0. The molecule has 1 N–H and O–H groups in total. The zero-order valence-corrected chi connectivity index (χ0v) is 18.1. The molecule has 0 saturated heterocycles. The van der Waals surface area contributed by atoms with Crippen LogP contribution in [0.25, 0.3) is 22.6 Å². The molecule has 11 heteroatoms. The van der Waals surface area contributed by atoms with Crippen molar-refractivity contribution in [2.45, 2.75) is 25.3 Å². The zero-order valence-electron chi connectivity index (χ0n) is 18.1. The molecule has 1 aromatic carbocycles. The maximum atomic E-state index is 14.3. The van der Waals surface area contributed by atoms with Crippen molar-refractivity contribution in [3.8, 4) is 11.5 Å². The van der Waals surface area contributed by atoms with Crippen LogP contribution in [0.2, 0.25) is 0 Å². The van der Waals surface area contributed by atoms with Gasteiger partial charge in [-0.15, -0.1) is 0 Å². The number of anilines is 2. The maximum absolute atomic E-state index is 14.3. The van der Waals surface area contributed by atoms with Gasteiger partial charge in [-0.2, -0.15) is 5.10 Å². The molecule has 0 radical (unpaired) electrons. The lowest BCUT2D eigenvalue weighted by Gasteiger charge is -2.32. The van der Waals surface area contributed by atoms with Gasteiger partial charge in [0.1, 0.15) is 29.0 Å². The van der Waals surface area contributed by atoms with E-state index in [1.807, 2.05) is 0 Å². The number of carbonyl (C=O) groups excluding carboxylic acids is 2. The monoisotopic (exact) mass is 461 g/mol. The maximum Gasteiger partial charge on any atom is 0.236 e. The molecule has 3 aromatic heterocycles. The lowest BCUT2D eigenvalue weighted by molar-refractivity contribution is -0.127. The number of rotatable bonds is 3. The van der Waals surface area contributed by atoms with Gasteiger partial charge in [0.2, 0.25) is 11.8 Å². The number of hydrogen-bond donors (Lipinski definition) is 1. The van der Waals surface area contributed by atoms with Crippen LogP contribution < -0.4 is 10.2 Å². The van der Waals surface area contributed by atoms with Crippen LogP contribution in [-0.4, -0.2) is 43.6 Å². The Morgan fingerprint density at radius 1 is 1.18 bits per heavy atom. The van der Waals surface area contributed by atoms with Gasteiger partial charge in [0.15, 0.2) is 11.5 Å². The largest absolute Gasteiger partial charge is 0.309 e. The van der Waals surface area contributed by atoms with E-state index in [0.29, 0.717) is 28.0 Å². The summed E-state index contributed by atoms with van der Waals surface area (Å²) in [6, 6.07) is 7.51. The van der Waals surface area contributed by atoms with E-state index in [4.69, 9.17) is 0 Å². The molecule has 4 aromatic rings.